The van der Waals surface area contributed by atoms with E-state index < -0.39 is 5.41 Å². The molecule has 0 bridgehead atoms. The lowest BCUT2D eigenvalue weighted by atomic mass is 9.82. The highest BCUT2D eigenvalue weighted by atomic mass is 35.5. The molecule has 1 aliphatic carbocycles. The van der Waals surface area contributed by atoms with Gasteiger partial charge in [0.05, 0.1) is 35.9 Å². The van der Waals surface area contributed by atoms with Crippen molar-refractivity contribution in [3.05, 3.63) is 41.3 Å². The van der Waals surface area contributed by atoms with E-state index in [1.54, 1.807) is 13.2 Å². The molecule has 3 N–H and O–H groups in total. The van der Waals surface area contributed by atoms with Crippen LogP contribution in [0.25, 0.3) is 11.3 Å². The number of nitriles is 1. The summed E-state index contributed by atoms with van der Waals surface area (Å²) >= 11 is 6.57. The Kier molecular flexibility index (Phi) is 10.2. The maximum atomic E-state index is 9.76. The number of ether oxygens (including phenoxy) is 2. The number of hydrogen-bond acceptors (Lipinski definition) is 11. The van der Waals surface area contributed by atoms with Gasteiger partial charge in [-0.2, -0.15) is 10.1 Å². The van der Waals surface area contributed by atoms with Crippen molar-refractivity contribution in [2.75, 3.05) is 37.0 Å². The number of nitrogens with one attached hydrogen (secondary N) is 3. The number of nitrogens with zero attached hydrogens (tertiary/aromatic N) is 7. The van der Waals surface area contributed by atoms with Gasteiger partial charge in [0.1, 0.15) is 18.2 Å². The molecule has 5 rings (SSSR count). The van der Waals surface area contributed by atoms with Crippen LogP contribution in [0.4, 0.5) is 11.6 Å². The van der Waals surface area contributed by atoms with Gasteiger partial charge in [-0.05, 0) is 68.9 Å². The maximum Gasteiger partial charge on any atom is 0.200 e. The number of halogens is 1. The van der Waals surface area contributed by atoms with Crippen LogP contribution in [-0.4, -0.2) is 74.7 Å². The largest absolute Gasteiger partial charge is 0.381 e. The Morgan fingerprint density at radius 2 is 1.98 bits per heavy atom. The van der Waals surface area contributed by atoms with Gasteiger partial charge in [-0.3, -0.25) is 0 Å². The summed E-state index contributed by atoms with van der Waals surface area (Å²) in [5.74, 6) is 2.09. The fraction of sp³-hybridized carbons (Fsp3) is 0.586. The van der Waals surface area contributed by atoms with Crippen LogP contribution < -0.4 is 16.0 Å². The molecular weight excluding hydrogens is 556 g/mol. The Hall–Kier alpha value is -3.37. The minimum Gasteiger partial charge on any atom is -0.381 e. The summed E-state index contributed by atoms with van der Waals surface area (Å²) in [5.41, 5.74) is 1.14. The molecule has 13 heteroatoms. The Bertz CT molecular complexity index is 1350. The van der Waals surface area contributed by atoms with E-state index in [4.69, 9.17) is 26.1 Å². The predicted octanol–water partition coefficient (Wildman–Crippen LogP) is 3.97. The molecule has 0 amide bonds. The molecule has 12 nitrogen and oxygen atoms in total. The molecule has 2 fully saturated rings. The smallest absolute Gasteiger partial charge is 0.200 e. The third-order valence-electron chi connectivity index (χ3n) is 7.92. The molecule has 0 aromatic carbocycles. The molecule has 3 aromatic rings. The van der Waals surface area contributed by atoms with Crippen molar-refractivity contribution in [1.29, 1.82) is 5.26 Å². The van der Waals surface area contributed by atoms with E-state index in [0.29, 0.717) is 61.7 Å². The molecule has 1 saturated heterocycles. The van der Waals surface area contributed by atoms with Gasteiger partial charge in [-0.15, -0.1) is 10.2 Å². The van der Waals surface area contributed by atoms with Crippen LogP contribution in [0, 0.1) is 16.7 Å². The molecule has 2 aliphatic rings. The number of tetrazole rings is 1. The molecule has 1 aliphatic heterocycles. The summed E-state index contributed by atoms with van der Waals surface area (Å²) in [6.45, 7) is 4.85. The average Bonchev–Trinajstić information content (AvgIpc) is 3.43. The normalized spacial score (nSPS) is 20.9. The van der Waals surface area contributed by atoms with Crippen LogP contribution in [0.1, 0.15) is 51.3 Å². The van der Waals surface area contributed by atoms with Crippen molar-refractivity contribution < 1.29 is 9.47 Å². The molecule has 0 spiro atoms. The molecule has 1 atom stereocenters. The number of hydrogen-bond donors (Lipinski definition) is 3. The highest BCUT2D eigenvalue weighted by Gasteiger charge is 2.32. The summed E-state index contributed by atoms with van der Waals surface area (Å²) in [5, 5.41) is 32.9. The Morgan fingerprint density at radius 1 is 1.19 bits per heavy atom. The average molecular weight is 595 g/mol. The van der Waals surface area contributed by atoms with Gasteiger partial charge < -0.3 is 25.4 Å². The van der Waals surface area contributed by atoms with Crippen LogP contribution >= 0.6 is 11.6 Å². The molecule has 0 radical (unpaired) electrons. The van der Waals surface area contributed by atoms with E-state index in [1.807, 2.05) is 24.3 Å². The molecule has 0 unspecified atom stereocenters. The highest BCUT2D eigenvalue weighted by molar-refractivity contribution is 6.33. The molecule has 3 aromatic heterocycles. The van der Waals surface area contributed by atoms with Crippen LogP contribution in [0.3, 0.4) is 0 Å². The zero-order valence-corrected chi connectivity index (χ0v) is 25.0. The van der Waals surface area contributed by atoms with Crippen LogP contribution in [-0.2, 0) is 23.1 Å². The molecular formula is C29H39ClN10O2. The quantitative estimate of drug-likeness (QED) is 0.280. The van der Waals surface area contributed by atoms with Crippen molar-refractivity contribution in [2.24, 2.45) is 12.5 Å². The van der Waals surface area contributed by atoms with E-state index in [-0.39, 0.29) is 6.04 Å². The number of aromatic nitrogens is 6. The molecule has 1 saturated carbocycles. The van der Waals surface area contributed by atoms with Crippen LogP contribution in [0.2, 0.25) is 5.02 Å². The second-order valence-corrected chi connectivity index (χ2v) is 11.7. The second kappa shape index (κ2) is 14.2. The third kappa shape index (κ3) is 8.13. The van der Waals surface area contributed by atoms with Crippen molar-refractivity contribution in [3.8, 4) is 17.3 Å². The van der Waals surface area contributed by atoms with E-state index in [2.05, 4.69) is 49.3 Å². The lowest BCUT2D eigenvalue weighted by Crippen LogP contribution is -2.43. The first kappa shape index (κ1) is 30.1. The van der Waals surface area contributed by atoms with E-state index in [9.17, 15) is 5.26 Å². The zero-order valence-electron chi connectivity index (χ0n) is 24.2. The van der Waals surface area contributed by atoms with Gasteiger partial charge >= 0.3 is 0 Å². The number of pyridine rings is 2. The first-order valence-electron chi connectivity index (χ1n) is 14.6. The Labute approximate surface area is 251 Å². The zero-order chi connectivity index (χ0) is 29.4. The summed E-state index contributed by atoms with van der Waals surface area (Å²) < 4.78 is 11.2. The van der Waals surface area contributed by atoms with Gasteiger partial charge in [0.25, 0.3) is 0 Å². The van der Waals surface area contributed by atoms with Gasteiger partial charge in [-0.25, -0.2) is 9.97 Å². The van der Waals surface area contributed by atoms with Crippen molar-refractivity contribution >= 4 is 23.2 Å². The molecule has 42 heavy (non-hydrogen) atoms. The van der Waals surface area contributed by atoms with Crippen LogP contribution in [0.15, 0.2) is 30.5 Å². The fourth-order valence-electron chi connectivity index (χ4n) is 5.52. The van der Waals surface area contributed by atoms with Gasteiger partial charge in [0.2, 0.25) is 0 Å². The minimum atomic E-state index is -0.433. The monoisotopic (exact) mass is 594 g/mol. The standard InChI is InChI=1S/C29H39ClN10O2/c1-20(16-42-17-28-37-39-40(2)38-28)34-21-6-8-22(9-7-21)35-27-14-23(24(30)15-32-27)25-4-3-5-26(36-25)33-19-29(18-31)10-12-41-13-11-29/h3-5,14-15,20-22,34H,6-13,16-17,19H2,1-2H3,(H,32,35)(H,33,36)/t20-,21-,22-/m0/s1. The van der Waals surface area contributed by atoms with Crippen LogP contribution in [0.5, 0.6) is 0 Å². The Morgan fingerprint density at radius 3 is 2.71 bits per heavy atom. The SMILES string of the molecule is C[C@@H](COCc1nnn(C)n1)N[C@H]1CC[C@H](Nc2cc(-c3cccc(NCC4(C#N)CCOCC4)n3)c(Cl)cn2)CC1. The topological polar surface area (TPSA) is 148 Å². The second-order valence-electron chi connectivity index (χ2n) is 11.3. The summed E-state index contributed by atoms with van der Waals surface area (Å²) in [6, 6.07) is 11.3. The number of rotatable bonds is 12. The maximum absolute atomic E-state index is 9.76. The lowest BCUT2D eigenvalue weighted by Gasteiger charge is -2.32. The Balaban J connectivity index is 1.10. The van der Waals surface area contributed by atoms with Crippen molar-refractivity contribution in [2.45, 2.75) is 70.2 Å². The lowest BCUT2D eigenvalue weighted by molar-refractivity contribution is 0.0455. The molecule has 224 valence electrons. The predicted molar refractivity (Wildman–Crippen MR) is 160 cm³/mol. The van der Waals surface area contributed by atoms with Gasteiger partial charge in [0.15, 0.2) is 5.82 Å². The highest BCUT2D eigenvalue weighted by Crippen LogP contribution is 2.32. The van der Waals surface area contributed by atoms with E-state index in [1.165, 1.54) is 4.80 Å². The third-order valence-corrected chi connectivity index (χ3v) is 8.22. The number of anilines is 2. The van der Waals surface area contributed by atoms with Crippen molar-refractivity contribution in [3.63, 3.8) is 0 Å². The first-order valence-corrected chi connectivity index (χ1v) is 15.0. The first-order chi connectivity index (χ1) is 20.4. The summed E-state index contributed by atoms with van der Waals surface area (Å²) in [4.78, 5) is 10.8. The van der Waals surface area contributed by atoms with Gasteiger partial charge in [0, 0.05) is 49.6 Å². The van der Waals surface area contributed by atoms with Crippen molar-refractivity contribution in [1.82, 2.24) is 35.5 Å². The molecule has 4 heterocycles. The number of aryl methyl sites for hydroxylation is 1. The van der Waals surface area contributed by atoms with Gasteiger partial charge in [-0.1, -0.05) is 17.7 Å². The summed E-state index contributed by atoms with van der Waals surface area (Å²) in [6.07, 6.45) is 7.33. The fourth-order valence-corrected chi connectivity index (χ4v) is 5.72. The van der Waals surface area contributed by atoms with E-state index >= 15 is 0 Å². The summed E-state index contributed by atoms with van der Waals surface area (Å²) in [7, 11) is 1.74. The minimum absolute atomic E-state index is 0.233. The van der Waals surface area contributed by atoms with E-state index in [0.717, 1.165) is 55.6 Å².